The molecule has 17 N–H and O–H groups in total. The van der Waals surface area contributed by atoms with E-state index in [0.717, 1.165) is 193 Å². The van der Waals surface area contributed by atoms with Crippen molar-refractivity contribution in [3.8, 4) is 103 Å². The van der Waals surface area contributed by atoms with Crippen LogP contribution in [0.15, 0.2) is 237 Å². The number of aromatic hydroxyl groups is 17. The zero-order chi connectivity index (χ0) is 103. The van der Waals surface area contributed by atoms with Gasteiger partial charge in [0.05, 0.1) is 7.11 Å². The summed E-state index contributed by atoms with van der Waals surface area (Å²) < 4.78 is 5.22. The molecule has 18 heteroatoms. The lowest BCUT2D eigenvalue weighted by Crippen LogP contribution is -2.12. The molecule has 0 amide bonds. The van der Waals surface area contributed by atoms with Crippen molar-refractivity contribution in [3.05, 3.63) is 420 Å². The molecule has 0 atom stereocenters. The van der Waals surface area contributed by atoms with Gasteiger partial charge in [-0.15, -0.1) is 0 Å². The topological polar surface area (TPSA) is 353 Å². The van der Waals surface area contributed by atoms with E-state index in [1.165, 1.54) is 57.8 Å². The van der Waals surface area contributed by atoms with Crippen molar-refractivity contribution >= 4 is 0 Å². The van der Waals surface area contributed by atoms with Gasteiger partial charge in [-0.2, -0.15) is 0 Å². The second kappa shape index (κ2) is 44.9. The lowest BCUT2D eigenvalue weighted by atomic mass is 9.76. The van der Waals surface area contributed by atoms with Crippen LogP contribution in [0.4, 0.5) is 0 Å². The predicted molar refractivity (Wildman–Crippen MR) is 564 cm³/mol. The molecule has 15 aromatic rings. The number of phenols is 17. The fourth-order valence-electron chi connectivity index (χ4n) is 20.7. The molecule has 0 radical (unpaired) electrons. The Morgan fingerprint density at radius 1 is 0.204 bits per heavy atom. The van der Waals surface area contributed by atoms with E-state index in [0.29, 0.717) is 57.3 Å². The number of ether oxygens (including phenoxy) is 1. The molecule has 0 bridgehead atoms. The first-order valence-corrected chi connectivity index (χ1v) is 48.6. The molecule has 0 saturated heterocycles. The Bertz CT molecular complexity index is 6730. The molecule has 0 aliphatic heterocycles. The van der Waals surface area contributed by atoms with E-state index < -0.39 is 5.92 Å². The fourth-order valence-corrected chi connectivity index (χ4v) is 20.7. The highest BCUT2D eigenvalue weighted by Gasteiger charge is 2.35. The summed E-state index contributed by atoms with van der Waals surface area (Å²) in [4.78, 5) is 0. The second-order valence-electron chi connectivity index (χ2n) is 38.7. The summed E-state index contributed by atoms with van der Waals surface area (Å²) >= 11 is 0. The van der Waals surface area contributed by atoms with Gasteiger partial charge in [0.2, 0.25) is 0 Å². The summed E-state index contributed by atoms with van der Waals surface area (Å²) in [5.74, 6) is 2.27. The molecule has 18 nitrogen and oxygen atoms in total. The zero-order valence-electron chi connectivity index (χ0n) is 84.1. The fraction of sp³-hybridized carbons (Fsp3) is 0.274. The van der Waals surface area contributed by atoms with Crippen molar-refractivity contribution in [2.45, 2.75) is 216 Å². The van der Waals surface area contributed by atoms with Crippen molar-refractivity contribution in [1.29, 1.82) is 0 Å². The highest BCUT2D eigenvalue weighted by atomic mass is 16.5. The van der Waals surface area contributed by atoms with E-state index in [2.05, 4.69) is 12.1 Å². The Balaban J connectivity index is 0.000000150. The van der Waals surface area contributed by atoms with Crippen LogP contribution in [0.25, 0.3) is 0 Å². The van der Waals surface area contributed by atoms with Crippen LogP contribution in [-0.4, -0.2) is 93.9 Å². The highest BCUT2D eigenvalue weighted by molar-refractivity contribution is 5.67. The third-order valence-corrected chi connectivity index (χ3v) is 29.3. The first-order valence-electron chi connectivity index (χ1n) is 48.6. The summed E-state index contributed by atoms with van der Waals surface area (Å²) in [6.45, 7) is 31.0. The van der Waals surface area contributed by atoms with Crippen LogP contribution in [0, 0.1) is 111 Å². The van der Waals surface area contributed by atoms with E-state index >= 15 is 0 Å². The molecule has 0 aromatic heterocycles. The third kappa shape index (κ3) is 22.7. The minimum absolute atomic E-state index is 0.0800. The molecule has 2 aliphatic rings. The number of hydrogen-bond donors (Lipinski definition) is 17. The van der Waals surface area contributed by atoms with Gasteiger partial charge in [0.25, 0.3) is 0 Å². The van der Waals surface area contributed by atoms with E-state index in [1.807, 2.05) is 238 Å². The highest BCUT2D eigenvalue weighted by Crippen LogP contribution is 2.53. The van der Waals surface area contributed by atoms with E-state index in [-0.39, 0.29) is 98.4 Å². The third-order valence-electron chi connectivity index (χ3n) is 29.3. The molecule has 15 aromatic carbocycles. The van der Waals surface area contributed by atoms with Gasteiger partial charge in [-0.1, -0.05) is 178 Å². The zero-order valence-corrected chi connectivity index (χ0v) is 84.1. The van der Waals surface area contributed by atoms with Crippen LogP contribution in [-0.2, 0) is 0 Å². The minimum atomic E-state index is -0.486. The minimum Gasteiger partial charge on any atom is -0.508 e. The first kappa shape index (κ1) is 104. The molecule has 0 heterocycles. The predicted octanol–water partition coefficient (Wildman–Crippen LogP) is 28.4. The number of para-hydroxylation sites is 2. The summed E-state index contributed by atoms with van der Waals surface area (Å²) in [5.41, 5.74) is 29.9. The quantitative estimate of drug-likeness (QED) is 0.0280. The van der Waals surface area contributed by atoms with Crippen molar-refractivity contribution in [3.63, 3.8) is 0 Å². The average Bonchev–Trinajstić information content (AvgIpc) is 0.658. The molecular formula is C124H134O18. The first-order chi connectivity index (χ1) is 67.6. The maximum atomic E-state index is 11.1. The Labute approximate surface area is 833 Å². The standard InChI is InChI=1S/C33H40O4.2C25H28O3.C21H20O4.C20H18O4/c1-20-15-30(35)27(22-9-5-3-6-10-22)18-25(20)33(24-13-14-29(34)32(37)17-24)26-19-28(31(36)16-21(26)2)23-11-7-4-8-12-23;1-13-11-20(15(3)17(5)24(13)27)23(19-9-7-8-10-22(19)26)21-12-14(2)25(28)18(6)16(21)4;1-13-11-15(3)21(24(27)17(13)5)23(19-9-7-8-10-20(19)26)22-16(4)12-14(2)18(6)25(22)28;1-12-9-14(3-6-17(12)22)21(15-4-7-18(23)13(2)10-15)16-5-8-19(24)20(25)11-16;1-24-19-12-15(6-11-18(19)23)20(13-2-7-16(21)8-3-13)14-4-9-17(22)10-5-14/h13-19,22-23,33-37H,3-12H2,1-2H3;2*7-12,23,26-28H,1-6H3;3-11,21-25H,1-2H3;2-12,20-23H,1H3. The molecule has 0 unspecified atom stereocenters. The van der Waals surface area contributed by atoms with Crippen molar-refractivity contribution < 1.29 is 91.5 Å². The van der Waals surface area contributed by atoms with Gasteiger partial charge in [0, 0.05) is 51.8 Å². The average molecular weight is 1910 g/mol. The van der Waals surface area contributed by atoms with Crippen molar-refractivity contribution in [2.75, 3.05) is 7.11 Å². The monoisotopic (exact) mass is 1910 g/mol. The normalized spacial score (nSPS) is 12.7. The lowest BCUT2D eigenvalue weighted by molar-refractivity contribution is 0.373. The Hall–Kier alpha value is -15.3. The molecular weight excluding hydrogens is 1780 g/mol. The van der Waals surface area contributed by atoms with Gasteiger partial charge in [-0.3, -0.25) is 0 Å². The molecule has 0 spiro atoms. The van der Waals surface area contributed by atoms with Crippen molar-refractivity contribution in [2.24, 2.45) is 0 Å². The molecule has 2 saturated carbocycles. The summed E-state index contributed by atoms with van der Waals surface area (Å²) in [6, 6.07) is 70.5. The lowest BCUT2D eigenvalue weighted by Gasteiger charge is -2.29. The molecule has 738 valence electrons. The Kier molecular flexibility index (Phi) is 32.9. The van der Waals surface area contributed by atoms with Crippen LogP contribution in [0.5, 0.6) is 103 Å². The van der Waals surface area contributed by atoms with Gasteiger partial charge in [-0.05, 0) is 407 Å². The van der Waals surface area contributed by atoms with Crippen LogP contribution in [0.2, 0.25) is 0 Å². The number of phenolic OH excluding ortho intramolecular Hbond substituents is 17. The van der Waals surface area contributed by atoms with Crippen LogP contribution in [0.3, 0.4) is 0 Å². The molecule has 2 fully saturated rings. The number of benzene rings is 15. The van der Waals surface area contributed by atoms with E-state index in [1.54, 1.807) is 84.9 Å². The molecule has 17 rings (SSSR count). The number of aryl methyl sites for hydroxylation is 10. The Morgan fingerprint density at radius 3 is 0.901 bits per heavy atom. The largest absolute Gasteiger partial charge is 0.508 e. The van der Waals surface area contributed by atoms with E-state index in [9.17, 15) is 86.8 Å². The van der Waals surface area contributed by atoms with Gasteiger partial charge in [0.1, 0.15) is 69.0 Å². The van der Waals surface area contributed by atoms with Gasteiger partial charge in [0.15, 0.2) is 34.5 Å². The summed E-state index contributed by atoms with van der Waals surface area (Å²) in [5, 5.41) is 175. The van der Waals surface area contributed by atoms with Gasteiger partial charge >= 0.3 is 0 Å². The smallest absolute Gasteiger partial charge is 0.160 e. The molecule has 142 heavy (non-hydrogen) atoms. The van der Waals surface area contributed by atoms with Crippen LogP contribution < -0.4 is 4.74 Å². The number of hydrogen-bond acceptors (Lipinski definition) is 18. The summed E-state index contributed by atoms with van der Waals surface area (Å²) in [6.07, 6.45) is 11.6. The number of rotatable bonds is 18. The maximum absolute atomic E-state index is 11.1. The SMILES string of the molecule is COc1cc(C(c2ccc(O)cc2)c2ccc(O)cc2)ccc1O.Cc1cc(C(c2ccc(O)c(C)c2)c2ccc(O)c(O)c2)ccc1O.Cc1cc(C(c2ccccc2O)c2cc(C)c(O)c(C)c2C)c(C)c(C)c1O.Cc1cc(C)c(C(c2ccccc2O)c2c(C)cc(C)c(C)c2O)c(O)c1C.Cc1cc(O)c(C2CCCCC2)cc1C(c1ccc(O)c(O)c1)c1cc(C2CCCCC2)c(O)cc1C. The maximum Gasteiger partial charge on any atom is 0.160 e. The van der Waals surface area contributed by atoms with Gasteiger partial charge < -0.3 is 91.5 Å². The molecule has 2 aliphatic carbocycles. The van der Waals surface area contributed by atoms with Gasteiger partial charge in [-0.25, -0.2) is 0 Å². The van der Waals surface area contributed by atoms with Crippen molar-refractivity contribution in [1.82, 2.24) is 0 Å². The van der Waals surface area contributed by atoms with Crippen LogP contribution >= 0.6 is 0 Å². The van der Waals surface area contributed by atoms with Crippen LogP contribution in [0.1, 0.15) is 289 Å². The number of methoxy groups -OCH3 is 1. The second-order valence-corrected chi connectivity index (χ2v) is 38.7. The summed E-state index contributed by atoms with van der Waals surface area (Å²) in [7, 11) is 1.51. The Morgan fingerprint density at radius 2 is 0.535 bits per heavy atom. The van der Waals surface area contributed by atoms with E-state index in [4.69, 9.17) is 4.74 Å².